The van der Waals surface area contributed by atoms with E-state index in [9.17, 15) is 44.3 Å². The zero-order chi connectivity index (χ0) is 33.4. The molecule has 0 atom stereocenters. The molecule has 0 aromatic heterocycles. The maximum absolute atomic E-state index is 11.9. The Morgan fingerprint density at radius 1 is 0.596 bits per heavy atom. The molecule has 0 fully saturated rings. The van der Waals surface area contributed by atoms with Gasteiger partial charge < -0.3 is 17.1 Å². The Balaban J connectivity index is 0.00000500. The molecule has 0 heterocycles. The SMILES string of the molecule is COc1cc(N=Nc2ccc(N=Nc3cccc(S(=O)(=O)O)c3)c3ccc(S(=O)(=O)O)cc23)c2cc(S(=O)(=O)O)ccc2c1[N+]#N.[Cl-]. The summed E-state index contributed by atoms with van der Waals surface area (Å²) in [7, 11) is -12.5. The molecule has 16 nitrogen and oxygen atoms in total. The molecule has 0 aliphatic heterocycles. The standard InChI is InChI=1S/C27H18N6O10S3.ClH/c1-43-26-14-25(22-13-18(46(40,41)42)6-8-20(22)27(26)29-28)33-32-24-10-9-23(19-7-5-17(12-21(19)24)45(37,38)39)31-30-15-3-2-4-16(11-15)44(34,35)36;/h2-14H,1H3,(H2-,34,35,36,37,38,39,40,41,42);1H. The first-order chi connectivity index (χ1) is 21.6. The number of halogens is 1. The lowest BCUT2D eigenvalue weighted by Crippen LogP contribution is -3.00. The third-order valence-electron chi connectivity index (χ3n) is 6.54. The monoisotopic (exact) mass is 718 g/mol. The Bertz CT molecular complexity index is 2520. The van der Waals surface area contributed by atoms with Crippen molar-refractivity contribution in [3.8, 4) is 5.75 Å². The number of ether oxygens (including phenoxy) is 1. The van der Waals surface area contributed by atoms with E-state index in [2.05, 4.69) is 25.4 Å². The molecule has 3 N–H and O–H groups in total. The third-order valence-corrected chi connectivity index (χ3v) is 9.08. The van der Waals surface area contributed by atoms with Gasteiger partial charge in [0.2, 0.25) is 11.1 Å². The summed E-state index contributed by atoms with van der Waals surface area (Å²) in [6.07, 6.45) is 0. The van der Waals surface area contributed by atoms with Gasteiger partial charge in [0.15, 0.2) is 4.98 Å². The summed E-state index contributed by atoms with van der Waals surface area (Å²) < 4.78 is 104. The van der Waals surface area contributed by atoms with Crippen LogP contribution in [0.15, 0.2) is 114 Å². The van der Waals surface area contributed by atoms with E-state index in [1.807, 2.05) is 0 Å². The summed E-state index contributed by atoms with van der Waals surface area (Å²) in [6.45, 7) is 0. The fourth-order valence-electron chi connectivity index (χ4n) is 4.40. The van der Waals surface area contributed by atoms with Crippen LogP contribution < -0.4 is 17.1 Å². The topological polar surface area (TPSA) is 250 Å². The molecule has 20 heteroatoms. The van der Waals surface area contributed by atoms with Gasteiger partial charge in [0.1, 0.15) is 0 Å². The molecule has 0 aliphatic rings. The number of nitrogens with zero attached hydrogens (tertiary/aromatic N) is 6. The third kappa shape index (κ3) is 7.39. The predicted octanol–water partition coefficient (Wildman–Crippen LogP) is 4.06. The Hall–Kier alpha value is -4.94. The number of hydrogen-bond donors (Lipinski definition) is 3. The average Bonchev–Trinajstić information content (AvgIpc) is 3.00. The molecular weight excluding hydrogens is 700 g/mol. The van der Waals surface area contributed by atoms with Gasteiger partial charge in [-0.1, -0.05) is 12.1 Å². The molecular formula is C27H19ClN6O10S3. The molecule has 242 valence electrons. The molecule has 47 heavy (non-hydrogen) atoms. The Labute approximate surface area is 272 Å². The quantitative estimate of drug-likeness (QED) is 0.117. The van der Waals surface area contributed by atoms with Gasteiger partial charge in [-0.15, -0.1) is 15.3 Å². The van der Waals surface area contributed by atoms with Crippen LogP contribution in [-0.2, 0) is 30.4 Å². The van der Waals surface area contributed by atoms with Crippen molar-refractivity contribution in [2.24, 2.45) is 20.5 Å². The highest BCUT2D eigenvalue weighted by atomic mass is 35.5. The van der Waals surface area contributed by atoms with Gasteiger partial charge in [-0.25, -0.2) is 0 Å². The normalized spacial score (nSPS) is 12.4. The van der Waals surface area contributed by atoms with E-state index in [-0.39, 0.29) is 68.1 Å². The second-order valence-corrected chi connectivity index (χ2v) is 13.7. The number of fused-ring (bicyclic) bond motifs is 2. The van der Waals surface area contributed by atoms with Crippen LogP contribution in [0.5, 0.6) is 5.75 Å². The zero-order valence-corrected chi connectivity index (χ0v) is 26.7. The predicted molar refractivity (Wildman–Crippen MR) is 163 cm³/mol. The van der Waals surface area contributed by atoms with Gasteiger partial charge in [0, 0.05) is 22.2 Å². The average molecular weight is 719 g/mol. The van der Waals surface area contributed by atoms with E-state index in [4.69, 9.17) is 4.74 Å². The number of benzene rings is 5. The van der Waals surface area contributed by atoms with Crippen molar-refractivity contribution >= 4 is 80.3 Å². The minimum atomic E-state index is -4.67. The number of hydrogen-bond acceptors (Lipinski definition) is 12. The van der Waals surface area contributed by atoms with Gasteiger partial charge in [0.25, 0.3) is 30.4 Å². The Kier molecular flexibility index (Phi) is 9.70. The van der Waals surface area contributed by atoms with Crippen molar-refractivity contribution in [2.45, 2.75) is 14.7 Å². The first-order valence-corrected chi connectivity index (χ1v) is 16.8. The molecule has 0 unspecified atom stereocenters. The summed E-state index contributed by atoms with van der Waals surface area (Å²) >= 11 is 0. The van der Waals surface area contributed by atoms with Crippen LogP contribution in [0, 0.1) is 5.39 Å². The molecule has 0 radical (unpaired) electrons. The van der Waals surface area contributed by atoms with Crippen LogP contribution in [0.4, 0.5) is 28.4 Å². The molecule has 0 aliphatic carbocycles. The van der Waals surface area contributed by atoms with Gasteiger partial charge >= 0.3 is 5.69 Å². The fourth-order valence-corrected chi connectivity index (χ4v) is 5.94. The highest BCUT2D eigenvalue weighted by Gasteiger charge is 2.25. The molecule has 0 bridgehead atoms. The molecule has 5 aromatic carbocycles. The van der Waals surface area contributed by atoms with Gasteiger partial charge in [-0.05, 0) is 60.7 Å². The van der Waals surface area contributed by atoms with E-state index >= 15 is 0 Å². The number of azo groups is 2. The van der Waals surface area contributed by atoms with E-state index in [0.717, 1.165) is 36.4 Å². The Morgan fingerprint density at radius 3 is 1.64 bits per heavy atom. The van der Waals surface area contributed by atoms with Crippen LogP contribution in [0.3, 0.4) is 0 Å². The van der Waals surface area contributed by atoms with Crippen LogP contribution in [0.1, 0.15) is 0 Å². The van der Waals surface area contributed by atoms with E-state index < -0.39 is 45.0 Å². The molecule has 0 saturated carbocycles. The smallest absolute Gasteiger partial charge is 0.434 e. The van der Waals surface area contributed by atoms with Crippen LogP contribution in [0.25, 0.3) is 26.5 Å². The highest BCUT2D eigenvalue weighted by molar-refractivity contribution is 7.86. The van der Waals surface area contributed by atoms with Crippen molar-refractivity contribution < 1.29 is 56.1 Å². The van der Waals surface area contributed by atoms with Gasteiger partial charge in [-0.2, -0.15) is 30.4 Å². The second-order valence-electron chi connectivity index (χ2n) is 9.39. The number of diazo groups is 1. The molecule has 0 saturated heterocycles. The van der Waals surface area contributed by atoms with Crippen molar-refractivity contribution in [2.75, 3.05) is 7.11 Å². The highest BCUT2D eigenvalue weighted by Crippen LogP contribution is 2.44. The first kappa shape index (κ1) is 34.9. The van der Waals surface area contributed by atoms with Crippen LogP contribution in [0.2, 0.25) is 0 Å². The first-order valence-electron chi connectivity index (χ1n) is 12.5. The van der Waals surface area contributed by atoms with E-state index in [1.54, 1.807) is 0 Å². The number of rotatable bonds is 8. The summed E-state index contributed by atoms with van der Waals surface area (Å²) in [6, 6.07) is 16.2. The molecule has 5 aromatic rings. The summed E-state index contributed by atoms with van der Waals surface area (Å²) in [5.74, 6) is 0.0379. The fraction of sp³-hybridized carbons (Fsp3) is 0.0370. The van der Waals surface area contributed by atoms with E-state index in [0.29, 0.717) is 0 Å². The molecule has 5 rings (SSSR count). The maximum atomic E-state index is 11.9. The molecule has 0 spiro atoms. The number of methoxy groups -OCH3 is 1. The minimum absolute atomic E-state index is 0. The van der Waals surface area contributed by atoms with Crippen molar-refractivity contribution in [1.29, 1.82) is 5.39 Å². The van der Waals surface area contributed by atoms with Crippen molar-refractivity contribution in [3.63, 3.8) is 0 Å². The van der Waals surface area contributed by atoms with E-state index in [1.165, 1.54) is 49.6 Å². The summed E-state index contributed by atoms with van der Waals surface area (Å²) in [5.41, 5.74) is 0.253. The molecule has 0 amide bonds. The van der Waals surface area contributed by atoms with Crippen LogP contribution in [-0.4, -0.2) is 46.0 Å². The van der Waals surface area contributed by atoms with Crippen LogP contribution >= 0.6 is 0 Å². The lowest BCUT2D eigenvalue weighted by Gasteiger charge is -2.08. The lowest BCUT2D eigenvalue weighted by molar-refractivity contribution is -0.0000218. The largest absolute Gasteiger partial charge is 1.00 e. The second kappa shape index (κ2) is 13.0. The summed E-state index contributed by atoms with van der Waals surface area (Å²) in [4.78, 5) is 1.84. The Morgan fingerprint density at radius 2 is 1.09 bits per heavy atom. The van der Waals surface area contributed by atoms with Crippen molar-refractivity contribution in [1.82, 2.24) is 0 Å². The minimum Gasteiger partial charge on any atom is -1.00 e. The van der Waals surface area contributed by atoms with Crippen molar-refractivity contribution in [3.05, 3.63) is 83.8 Å². The zero-order valence-electron chi connectivity index (χ0n) is 23.5. The lowest BCUT2D eigenvalue weighted by atomic mass is 10.1. The summed E-state index contributed by atoms with van der Waals surface area (Å²) in [5, 5.41) is 26.8. The van der Waals surface area contributed by atoms with Gasteiger partial charge in [0.05, 0.1) is 49.9 Å². The maximum Gasteiger partial charge on any atom is 0.434 e. The van der Waals surface area contributed by atoms with Gasteiger partial charge in [-0.3, -0.25) is 13.7 Å².